The van der Waals surface area contributed by atoms with Crippen LogP contribution < -0.4 is 0 Å². The lowest BCUT2D eigenvalue weighted by Gasteiger charge is -1.98. The highest BCUT2D eigenvalue weighted by molar-refractivity contribution is 4.77. The molecule has 0 saturated carbocycles. The average molecular weight is 100 g/mol. The summed E-state index contributed by atoms with van der Waals surface area (Å²) in [6.45, 7) is 9.45. The zero-order valence-electron chi connectivity index (χ0n) is 4.78. The molecule has 0 atom stereocenters. The van der Waals surface area contributed by atoms with Crippen LogP contribution in [0.25, 0.3) is 0 Å². The van der Waals surface area contributed by atoms with Crippen LogP contribution in [0.4, 0.5) is 0 Å². The van der Waals surface area contributed by atoms with Crippen LogP contribution in [0, 0.1) is 19.3 Å². The maximum atomic E-state index is 8.32. The molecule has 0 aromatic carbocycles. The molecular formula is C6H12O+2. The molecule has 0 aliphatic rings. The molecule has 0 radical (unpaired) electrons. The molecule has 1 N–H and O–H groups in total. The van der Waals surface area contributed by atoms with Crippen molar-refractivity contribution in [1.82, 2.24) is 0 Å². The molecule has 0 unspecified atom stereocenters. The molecule has 0 aliphatic carbocycles. The van der Waals surface area contributed by atoms with Crippen molar-refractivity contribution < 1.29 is 5.11 Å². The fourth-order valence-corrected chi connectivity index (χ4v) is 0.270. The molecule has 0 saturated heterocycles. The van der Waals surface area contributed by atoms with Gasteiger partial charge in [-0.15, -0.1) is 0 Å². The van der Waals surface area contributed by atoms with Crippen molar-refractivity contribution in [2.24, 2.45) is 5.41 Å². The molecule has 0 amide bonds. The molecule has 0 spiro atoms. The minimum atomic E-state index is -0.200. The topological polar surface area (TPSA) is 20.2 Å². The van der Waals surface area contributed by atoms with Gasteiger partial charge in [0.2, 0.25) is 5.41 Å². The van der Waals surface area contributed by atoms with E-state index in [1.165, 1.54) is 0 Å². The van der Waals surface area contributed by atoms with Crippen LogP contribution in [0.1, 0.15) is 13.3 Å². The van der Waals surface area contributed by atoms with Crippen LogP contribution in [-0.4, -0.2) is 11.7 Å². The highest BCUT2D eigenvalue weighted by Gasteiger charge is 2.24. The van der Waals surface area contributed by atoms with E-state index in [1.54, 1.807) is 0 Å². The fourth-order valence-electron chi connectivity index (χ4n) is 0.270. The molecule has 0 bridgehead atoms. The lowest BCUT2D eigenvalue weighted by molar-refractivity contribution is 0.251. The molecule has 0 heterocycles. The summed E-state index contributed by atoms with van der Waals surface area (Å²) in [5.74, 6) is 0. The van der Waals surface area contributed by atoms with Gasteiger partial charge in [-0.1, -0.05) is 0 Å². The van der Waals surface area contributed by atoms with E-state index in [0.717, 1.165) is 0 Å². The van der Waals surface area contributed by atoms with Crippen LogP contribution in [0.5, 0.6) is 0 Å². The van der Waals surface area contributed by atoms with Crippen LogP contribution in [0.2, 0.25) is 0 Å². The summed E-state index contributed by atoms with van der Waals surface area (Å²) < 4.78 is 0. The first kappa shape index (κ1) is 6.70. The van der Waals surface area contributed by atoms with E-state index < -0.39 is 0 Å². The number of hydrogen-bond donors (Lipinski definition) is 1. The lowest BCUT2D eigenvalue weighted by atomic mass is 9.93. The van der Waals surface area contributed by atoms with Gasteiger partial charge in [0, 0.05) is 6.92 Å². The van der Waals surface area contributed by atoms with Gasteiger partial charge in [-0.3, -0.25) is 0 Å². The molecule has 0 rings (SSSR count). The molecule has 0 fully saturated rings. The molecule has 40 valence electrons. The van der Waals surface area contributed by atoms with Crippen LogP contribution in [0.3, 0.4) is 0 Å². The zero-order valence-corrected chi connectivity index (χ0v) is 4.78. The Balaban J connectivity index is 3.15. The zero-order chi connectivity index (χ0) is 5.91. The van der Waals surface area contributed by atoms with Crippen molar-refractivity contribution in [2.45, 2.75) is 13.3 Å². The highest BCUT2D eigenvalue weighted by Crippen LogP contribution is 2.15. The Bertz CT molecular complexity index is 42.6. The van der Waals surface area contributed by atoms with Gasteiger partial charge in [0.1, 0.15) is 13.8 Å². The van der Waals surface area contributed by atoms with Gasteiger partial charge in [-0.25, -0.2) is 0 Å². The van der Waals surface area contributed by atoms with Crippen molar-refractivity contribution in [3.63, 3.8) is 0 Å². The molecule has 0 aromatic rings. The van der Waals surface area contributed by atoms with Crippen LogP contribution in [-0.2, 0) is 0 Å². The van der Waals surface area contributed by atoms with Gasteiger partial charge < -0.3 is 5.11 Å². The summed E-state index contributed by atoms with van der Waals surface area (Å²) in [4.78, 5) is 0. The predicted molar refractivity (Wildman–Crippen MR) is 30.5 cm³/mol. The van der Waals surface area contributed by atoms with Gasteiger partial charge in [0.15, 0.2) is 0 Å². The lowest BCUT2D eigenvalue weighted by Crippen LogP contribution is -2.07. The summed E-state index contributed by atoms with van der Waals surface area (Å²) in [5.41, 5.74) is -0.200. The fraction of sp³-hybridized carbons (Fsp3) is 0.667. The predicted octanol–water partition coefficient (Wildman–Crippen LogP) is 1.04. The Morgan fingerprint density at radius 2 is 2.00 bits per heavy atom. The van der Waals surface area contributed by atoms with E-state index in [9.17, 15) is 0 Å². The standard InChI is InChI=1S/C6H12O/c1-6(2,3)4-5-7/h7H,1-2,4-5H2,3H3/q+2. The third kappa shape index (κ3) is 5.70. The minimum absolute atomic E-state index is 0.184. The third-order valence-corrected chi connectivity index (χ3v) is 0.715. The van der Waals surface area contributed by atoms with Crippen molar-refractivity contribution >= 4 is 0 Å². The maximum absolute atomic E-state index is 8.32. The van der Waals surface area contributed by atoms with Crippen molar-refractivity contribution in [3.8, 4) is 0 Å². The van der Waals surface area contributed by atoms with Gasteiger partial charge in [0.05, 0.1) is 13.0 Å². The second-order valence-corrected chi connectivity index (χ2v) is 2.28. The van der Waals surface area contributed by atoms with Gasteiger partial charge in [0.25, 0.3) is 0 Å². The summed E-state index contributed by atoms with van der Waals surface area (Å²) in [6, 6.07) is 0. The minimum Gasteiger partial charge on any atom is -0.396 e. The second-order valence-electron chi connectivity index (χ2n) is 2.28. The summed E-state index contributed by atoms with van der Waals surface area (Å²) in [7, 11) is 0. The number of aliphatic hydroxyl groups excluding tert-OH is 1. The van der Waals surface area contributed by atoms with E-state index in [4.69, 9.17) is 5.11 Å². The monoisotopic (exact) mass is 100 g/mol. The van der Waals surface area contributed by atoms with Crippen molar-refractivity contribution in [1.29, 1.82) is 0 Å². The third-order valence-electron chi connectivity index (χ3n) is 0.715. The van der Waals surface area contributed by atoms with E-state index in [0.29, 0.717) is 6.42 Å². The Labute approximate surface area is 45.4 Å². The van der Waals surface area contributed by atoms with E-state index in [1.807, 2.05) is 6.92 Å². The van der Waals surface area contributed by atoms with Crippen molar-refractivity contribution in [2.75, 3.05) is 6.61 Å². The summed E-state index contributed by atoms with van der Waals surface area (Å²) in [5, 5.41) is 8.32. The summed E-state index contributed by atoms with van der Waals surface area (Å²) in [6.07, 6.45) is 0.674. The van der Waals surface area contributed by atoms with Crippen molar-refractivity contribution in [3.05, 3.63) is 13.8 Å². The number of hydrogen-bond acceptors (Lipinski definition) is 1. The molecular weight excluding hydrogens is 88.1 g/mol. The Kier molecular flexibility index (Phi) is 2.03. The molecule has 7 heavy (non-hydrogen) atoms. The van der Waals surface area contributed by atoms with Gasteiger partial charge >= 0.3 is 0 Å². The average Bonchev–Trinajstić information content (AvgIpc) is 1.30. The van der Waals surface area contributed by atoms with Crippen LogP contribution in [0.15, 0.2) is 0 Å². The SMILES string of the molecule is [CH2+]C([CH2+])(C)CCO. The quantitative estimate of drug-likeness (QED) is 0.514. The van der Waals surface area contributed by atoms with E-state index in [2.05, 4.69) is 13.8 Å². The first-order valence-corrected chi connectivity index (χ1v) is 2.38. The second kappa shape index (κ2) is 2.12. The van der Waals surface area contributed by atoms with E-state index in [-0.39, 0.29) is 12.0 Å². The Morgan fingerprint density at radius 3 is 2.00 bits per heavy atom. The number of aliphatic hydroxyl groups is 1. The summed E-state index contributed by atoms with van der Waals surface area (Å²) >= 11 is 0. The smallest absolute Gasteiger partial charge is 0.230 e. The first-order valence-electron chi connectivity index (χ1n) is 2.38. The molecule has 1 nitrogen and oxygen atoms in total. The molecule has 0 aromatic heterocycles. The highest BCUT2D eigenvalue weighted by atomic mass is 16.3. The number of rotatable bonds is 2. The first-order chi connectivity index (χ1) is 3.06. The Hall–Kier alpha value is -0.300. The van der Waals surface area contributed by atoms with E-state index >= 15 is 0 Å². The normalized spacial score (nSPS) is 11.7. The Morgan fingerprint density at radius 1 is 1.57 bits per heavy atom. The molecule has 1 heteroatoms. The van der Waals surface area contributed by atoms with Gasteiger partial charge in [-0.2, -0.15) is 0 Å². The largest absolute Gasteiger partial charge is 0.396 e. The van der Waals surface area contributed by atoms with Crippen LogP contribution >= 0.6 is 0 Å². The molecule has 0 aliphatic heterocycles. The van der Waals surface area contributed by atoms with Gasteiger partial charge in [-0.05, 0) is 0 Å². The maximum Gasteiger partial charge on any atom is 0.230 e.